The number of hydrogen-bond donors (Lipinski definition) is 0. The van der Waals surface area contributed by atoms with Gasteiger partial charge < -0.3 is 0 Å². The van der Waals surface area contributed by atoms with E-state index in [1.165, 1.54) is 111 Å². The maximum absolute atomic E-state index is 2.42. The maximum Gasteiger partial charge on any atom is -0.0139 e. The minimum Gasteiger partial charge on any atom is -0.0622 e. The molecule has 0 saturated carbocycles. The van der Waals surface area contributed by atoms with Gasteiger partial charge in [0.05, 0.1) is 0 Å². The molecule has 0 nitrogen and oxygen atoms in total. The maximum atomic E-state index is 2.42. The van der Waals surface area contributed by atoms with E-state index >= 15 is 0 Å². The summed E-state index contributed by atoms with van der Waals surface area (Å²) in [7, 11) is 0. The highest BCUT2D eigenvalue weighted by atomic mass is 14.2. The SMILES string of the molecule is Cc1c(-c2cc(-c3ccccc3)cc(-c3ccccc3)c2)cc(-c2ccccc2)cc1-c1cc(-c2ccccc2)cc(-c2cc(-c3ccccc3)cc(-c3ccccc3)c2)c1C. The molecule has 0 saturated heterocycles. The highest BCUT2D eigenvalue weighted by molar-refractivity contribution is 5.93. The van der Waals surface area contributed by atoms with Crippen molar-refractivity contribution >= 4 is 0 Å². The van der Waals surface area contributed by atoms with Gasteiger partial charge in [0.15, 0.2) is 0 Å². The molecule has 10 rings (SSSR count). The monoisotopic (exact) mass is 790 g/mol. The summed E-state index contributed by atoms with van der Waals surface area (Å²) in [5.41, 5.74) is 24.2. The Morgan fingerprint density at radius 3 is 0.565 bits per heavy atom. The molecule has 0 unspecified atom stereocenters. The molecule has 0 aliphatic heterocycles. The molecular weight excluding hydrogens is 745 g/mol. The third-order valence-electron chi connectivity index (χ3n) is 12.2. The van der Waals surface area contributed by atoms with Gasteiger partial charge in [-0.3, -0.25) is 0 Å². The van der Waals surface area contributed by atoms with Gasteiger partial charge in [0, 0.05) is 0 Å². The Kier molecular flexibility index (Phi) is 10.6. The molecule has 294 valence electrons. The fourth-order valence-corrected chi connectivity index (χ4v) is 8.94. The van der Waals surface area contributed by atoms with Crippen molar-refractivity contribution in [1.82, 2.24) is 0 Å². The van der Waals surface area contributed by atoms with Gasteiger partial charge in [-0.2, -0.15) is 0 Å². The molecule has 0 aromatic heterocycles. The van der Waals surface area contributed by atoms with Gasteiger partial charge in [-0.25, -0.2) is 0 Å². The molecule has 0 aliphatic carbocycles. The van der Waals surface area contributed by atoms with Gasteiger partial charge >= 0.3 is 0 Å². The van der Waals surface area contributed by atoms with Crippen molar-refractivity contribution in [3.8, 4) is 100 Å². The average molecular weight is 791 g/mol. The van der Waals surface area contributed by atoms with Crippen LogP contribution >= 0.6 is 0 Å². The highest BCUT2D eigenvalue weighted by Crippen LogP contribution is 2.45. The Balaban J connectivity index is 1.25. The van der Waals surface area contributed by atoms with Crippen molar-refractivity contribution in [2.24, 2.45) is 0 Å². The Morgan fingerprint density at radius 1 is 0.161 bits per heavy atom. The van der Waals surface area contributed by atoms with Crippen LogP contribution in [0.5, 0.6) is 0 Å². The first kappa shape index (κ1) is 38.4. The Morgan fingerprint density at radius 2 is 0.339 bits per heavy atom. The molecular formula is C62H46. The number of rotatable bonds is 9. The molecule has 0 amide bonds. The van der Waals surface area contributed by atoms with Crippen molar-refractivity contribution in [3.63, 3.8) is 0 Å². The first-order chi connectivity index (χ1) is 30.6. The summed E-state index contributed by atoms with van der Waals surface area (Å²) in [6.45, 7) is 4.63. The Bertz CT molecular complexity index is 2800. The van der Waals surface area contributed by atoms with Crippen LogP contribution in [0, 0.1) is 13.8 Å². The van der Waals surface area contributed by atoms with Crippen LogP contribution in [-0.4, -0.2) is 0 Å². The number of benzene rings is 10. The van der Waals surface area contributed by atoms with Crippen LogP contribution in [0.15, 0.2) is 243 Å². The van der Waals surface area contributed by atoms with Crippen LogP contribution in [0.3, 0.4) is 0 Å². The van der Waals surface area contributed by atoms with Gasteiger partial charge in [0.2, 0.25) is 0 Å². The Hall–Kier alpha value is -7.80. The third-order valence-corrected chi connectivity index (χ3v) is 12.2. The molecule has 62 heavy (non-hydrogen) atoms. The standard InChI is InChI=1S/C62H46/c1-43-59(57-35-51(45-21-9-3-10-22-45)33-52(36-57)46-23-11-4-12-24-46)39-55(49-29-17-7-18-30-49)41-61(43)62-42-56(50-31-19-8-20-32-50)40-60(44(62)2)58-37-53(47-25-13-5-14-26-47)34-54(38-58)48-27-15-6-16-28-48/h3-42H,1-2H3. The second-order valence-electron chi connectivity index (χ2n) is 16.2. The lowest BCUT2D eigenvalue weighted by molar-refractivity contribution is 1.40. The van der Waals surface area contributed by atoms with Crippen molar-refractivity contribution in [2.75, 3.05) is 0 Å². The van der Waals surface area contributed by atoms with Crippen molar-refractivity contribution < 1.29 is 0 Å². The molecule has 0 aliphatic rings. The van der Waals surface area contributed by atoms with Crippen molar-refractivity contribution in [3.05, 3.63) is 254 Å². The van der Waals surface area contributed by atoms with Crippen LogP contribution in [0.25, 0.3) is 100 Å². The topological polar surface area (TPSA) is 0 Å². The molecule has 10 aromatic rings. The van der Waals surface area contributed by atoms with Crippen LogP contribution < -0.4 is 0 Å². The van der Waals surface area contributed by atoms with E-state index in [2.05, 4.69) is 257 Å². The highest BCUT2D eigenvalue weighted by Gasteiger charge is 2.20. The zero-order chi connectivity index (χ0) is 41.8. The molecule has 0 N–H and O–H groups in total. The predicted molar refractivity (Wildman–Crippen MR) is 265 cm³/mol. The van der Waals surface area contributed by atoms with Crippen LogP contribution in [-0.2, 0) is 0 Å². The quantitative estimate of drug-likeness (QED) is 0.137. The van der Waals surface area contributed by atoms with E-state index < -0.39 is 0 Å². The van der Waals surface area contributed by atoms with E-state index in [-0.39, 0.29) is 0 Å². The van der Waals surface area contributed by atoms with E-state index in [0.29, 0.717) is 0 Å². The van der Waals surface area contributed by atoms with Crippen LogP contribution in [0.1, 0.15) is 11.1 Å². The summed E-state index contributed by atoms with van der Waals surface area (Å²) in [5.74, 6) is 0. The molecule has 0 bridgehead atoms. The smallest absolute Gasteiger partial charge is 0.0139 e. The molecule has 0 heteroatoms. The molecule has 0 heterocycles. The van der Waals surface area contributed by atoms with Crippen LogP contribution in [0.2, 0.25) is 0 Å². The Labute approximate surface area is 366 Å². The molecule has 10 aromatic carbocycles. The van der Waals surface area contributed by atoms with E-state index in [4.69, 9.17) is 0 Å². The van der Waals surface area contributed by atoms with E-state index in [1.54, 1.807) is 0 Å². The first-order valence-corrected chi connectivity index (χ1v) is 21.5. The van der Waals surface area contributed by atoms with Crippen molar-refractivity contribution in [1.29, 1.82) is 0 Å². The molecule has 0 radical (unpaired) electrons. The molecule has 0 spiro atoms. The third kappa shape index (κ3) is 7.83. The second-order valence-corrected chi connectivity index (χ2v) is 16.2. The van der Waals surface area contributed by atoms with Crippen LogP contribution in [0.4, 0.5) is 0 Å². The van der Waals surface area contributed by atoms with Gasteiger partial charge in [0.1, 0.15) is 0 Å². The van der Waals surface area contributed by atoms with Gasteiger partial charge in [0.25, 0.3) is 0 Å². The predicted octanol–water partition coefficient (Wildman–Crippen LogP) is 17.3. The lowest BCUT2D eigenvalue weighted by Crippen LogP contribution is -1.97. The summed E-state index contributed by atoms with van der Waals surface area (Å²) in [6.07, 6.45) is 0. The zero-order valence-electron chi connectivity index (χ0n) is 35.1. The summed E-state index contributed by atoms with van der Waals surface area (Å²) in [4.78, 5) is 0. The minimum absolute atomic E-state index is 1.19. The fourth-order valence-electron chi connectivity index (χ4n) is 8.94. The fraction of sp³-hybridized carbons (Fsp3) is 0.0323. The van der Waals surface area contributed by atoms with E-state index in [9.17, 15) is 0 Å². The van der Waals surface area contributed by atoms with E-state index in [1.807, 2.05) is 0 Å². The van der Waals surface area contributed by atoms with Gasteiger partial charge in [-0.1, -0.05) is 182 Å². The normalized spacial score (nSPS) is 11.1. The minimum atomic E-state index is 1.19. The van der Waals surface area contributed by atoms with Gasteiger partial charge in [-0.05, 0) is 186 Å². The lowest BCUT2D eigenvalue weighted by Gasteiger charge is -2.22. The van der Waals surface area contributed by atoms with Crippen molar-refractivity contribution in [2.45, 2.75) is 13.8 Å². The van der Waals surface area contributed by atoms with Gasteiger partial charge in [-0.15, -0.1) is 0 Å². The molecule has 0 atom stereocenters. The van der Waals surface area contributed by atoms with E-state index in [0.717, 1.165) is 0 Å². The second kappa shape index (κ2) is 17.1. The summed E-state index contributed by atoms with van der Waals surface area (Å²) >= 11 is 0. The lowest BCUT2D eigenvalue weighted by atomic mass is 9.82. The zero-order valence-corrected chi connectivity index (χ0v) is 35.1. The summed E-state index contributed by atoms with van der Waals surface area (Å²) in [5, 5.41) is 0. The molecule has 0 fully saturated rings. The number of hydrogen-bond acceptors (Lipinski definition) is 0. The summed E-state index contributed by atoms with van der Waals surface area (Å²) in [6, 6.07) is 88.6. The summed E-state index contributed by atoms with van der Waals surface area (Å²) < 4.78 is 0. The largest absolute Gasteiger partial charge is 0.0622 e. The first-order valence-electron chi connectivity index (χ1n) is 21.5. The average Bonchev–Trinajstić information content (AvgIpc) is 3.35.